The summed E-state index contributed by atoms with van der Waals surface area (Å²) in [7, 11) is 0. The number of hydrogen-bond donors (Lipinski definition) is 1. The van der Waals surface area contributed by atoms with Gasteiger partial charge < -0.3 is 5.73 Å². The molecule has 0 aliphatic rings. The van der Waals surface area contributed by atoms with E-state index in [4.69, 9.17) is 11.3 Å². The minimum Gasteiger partial charge on any atom is -0.326 e. The first-order valence-electron chi connectivity index (χ1n) is 3.73. The van der Waals surface area contributed by atoms with Crippen LogP contribution in [-0.2, 0) is 6.54 Å². The zero-order valence-electron chi connectivity index (χ0n) is 7.16. The van der Waals surface area contributed by atoms with E-state index in [0.717, 1.165) is 14.7 Å². The lowest BCUT2D eigenvalue weighted by atomic mass is 10.1. The molecule has 13 heavy (non-hydrogen) atoms. The van der Waals surface area contributed by atoms with Crippen LogP contribution < -0.4 is 5.73 Å². The van der Waals surface area contributed by atoms with E-state index in [0.29, 0.717) is 12.2 Å². The molecule has 0 aliphatic carbocycles. The van der Waals surface area contributed by atoms with Crippen molar-refractivity contribution in [3.05, 3.63) is 37.3 Å². The van der Waals surface area contributed by atoms with Crippen LogP contribution in [0.15, 0.2) is 17.2 Å². The van der Waals surface area contributed by atoms with Crippen LogP contribution in [0.2, 0.25) is 0 Å². The summed E-state index contributed by atoms with van der Waals surface area (Å²) in [6, 6.07) is 3.83. The zero-order valence-corrected chi connectivity index (χ0v) is 9.32. The first kappa shape index (κ1) is 10.3. The highest BCUT2D eigenvalue weighted by molar-refractivity contribution is 14.1. The molecule has 0 unspecified atom stereocenters. The van der Waals surface area contributed by atoms with Gasteiger partial charge >= 0.3 is 0 Å². The predicted octanol–water partition coefficient (Wildman–Crippen LogP) is 3.00. The van der Waals surface area contributed by atoms with Crippen LogP contribution in [0.25, 0.3) is 10.4 Å². The van der Waals surface area contributed by atoms with E-state index >= 15 is 0 Å². The molecule has 0 saturated heterocycles. The molecule has 0 fully saturated rings. The number of nitrogens with two attached hydrogens (primary N) is 1. The Labute approximate surface area is 89.9 Å². The Morgan fingerprint density at radius 2 is 2.31 bits per heavy atom. The van der Waals surface area contributed by atoms with E-state index in [2.05, 4.69) is 32.6 Å². The summed E-state index contributed by atoms with van der Waals surface area (Å²) < 4.78 is 1.03. The predicted molar refractivity (Wildman–Crippen MR) is 60.6 cm³/mol. The molecule has 0 aliphatic heterocycles. The van der Waals surface area contributed by atoms with Crippen molar-refractivity contribution in [3.8, 4) is 0 Å². The Bertz CT molecular complexity index is 369. The van der Waals surface area contributed by atoms with E-state index in [1.165, 1.54) is 0 Å². The van der Waals surface area contributed by atoms with Crippen LogP contribution >= 0.6 is 22.6 Å². The van der Waals surface area contributed by atoms with Gasteiger partial charge in [0.05, 0.1) is 0 Å². The lowest BCUT2D eigenvalue weighted by Gasteiger charge is -2.06. The number of azide groups is 1. The third-order valence-electron chi connectivity index (χ3n) is 1.82. The third-order valence-corrected chi connectivity index (χ3v) is 2.45. The number of nitrogens with zero attached hydrogens (tertiary/aromatic N) is 3. The molecule has 0 spiro atoms. The maximum absolute atomic E-state index is 8.32. The molecule has 0 heterocycles. The maximum Gasteiger partial charge on any atom is 0.0418 e. The van der Waals surface area contributed by atoms with Crippen molar-refractivity contribution < 1.29 is 0 Å². The number of hydrogen-bond acceptors (Lipinski definition) is 2. The highest BCUT2D eigenvalue weighted by atomic mass is 127. The van der Waals surface area contributed by atoms with Crippen molar-refractivity contribution in [1.82, 2.24) is 0 Å². The largest absolute Gasteiger partial charge is 0.326 e. The summed E-state index contributed by atoms with van der Waals surface area (Å²) in [6.45, 7) is 2.37. The third kappa shape index (κ3) is 2.33. The first-order chi connectivity index (χ1) is 6.19. The van der Waals surface area contributed by atoms with Crippen molar-refractivity contribution in [3.63, 3.8) is 0 Å². The van der Waals surface area contributed by atoms with Gasteiger partial charge in [0.1, 0.15) is 0 Å². The molecule has 1 rings (SSSR count). The average Bonchev–Trinajstić information content (AvgIpc) is 2.11. The van der Waals surface area contributed by atoms with Crippen LogP contribution in [0.1, 0.15) is 11.1 Å². The second-order valence-electron chi connectivity index (χ2n) is 2.60. The summed E-state index contributed by atoms with van der Waals surface area (Å²) in [5.74, 6) is 0. The molecule has 0 aromatic heterocycles. The van der Waals surface area contributed by atoms with Crippen molar-refractivity contribution in [1.29, 1.82) is 0 Å². The van der Waals surface area contributed by atoms with E-state index in [1.54, 1.807) is 0 Å². The number of benzene rings is 1. The van der Waals surface area contributed by atoms with E-state index in [-0.39, 0.29) is 0 Å². The monoisotopic (exact) mass is 288 g/mol. The van der Waals surface area contributed by atoms with Gasteiger partial charge in [0.15, 0.2) is 0 Å². The fourth-order valence-corrected chi connectivity index (χ4v) is 1.75. The average molecular weight is 288 g/mol. The zero-order chi connectivity index (χ0) is 9.84. The van der Waals surface area contributed by atoms with Crippen LogP contribution in [0.5, 0.6) is 0 Å². The Balaban J connectivity index is 3.34. The van der Waals surface area contributed by atoms with Gasteiger partial charge in [-0.05, 0) is 58.3 Å². The molecule has 0 bridgehead atoms. The van der Waals surface area contributed by atoms with Crippen molar-refractivity contribution in [2.45, 2.75) is 13.5 Å². The number of halogens is 1. The summed E-state index contributed by atoms with van der Waals surface area (Å²) in [4.78, 5) is 2.76. The standard InChI is InChI=1S/C8H9IN4/c1-5-6(4-10)2-7(9)3-8(5)12-13-11/h2-3H,4,10H2,1H3. The highest BCUT2D eigenvalue weighted by Crippen LogP contribution is 2.25. The maximum atomic E-state index is 8.32. The molecule has 2 N–H and O–H groups in total. The first-order valence-corrected chi connectivity index (χ1v) is 4.81. The molecule has 5 heteroatoms. The SMILES string of the molecule is Cc1c(CN)cc(I)cc1N=[N+]=[N-]. The van der Waals surface area contributed by atoms with Crippen LogP contribution in [-0.4, -0.2) is 0 Å². The normalized spacial score (nSPS) is 9.46. The van der Waals surface area contributed by atoms with Crippen LogP contribution in [0, 0.1) is 10.5 Å². The minimum atomic E-state index is 0.469. The Morgan fingerprint density at radius 1 is 1.62 bits per heavy atom. The molecule has 0 radical (unpaired) electrons. The molecule has 0 atom stereocenters. The highest BCUT2D eigenvalue weighted by Gasteiger charge is 2.02. The van der Waals surface area contributed by atoms with Gasteiger partial charge in [-0.25, -0.2) is 0 Å². The van der Waals surface area contributed by atoms with Gasteiger partial charge in [-0.1, -0.05) is 5.11 Å². The van der Waals surface area contributed by atoms with Crippen molar-refractivity contribution in [2.75, 3.05) is 0 Å². The van der Waals surface area contributed by atoms with Gasteiger partial charge in [-0.15, -0.1) is 0 Å². The van der Waals surface area contributed by atoms with Crippen LogP contribution in [0.3, 0.4) is 0 Å². The van der Waals surface area contributed by atoms with Crippen molar-refractivity contribution in [2.24, 2.45) is 10.8 Å². The lowest BCUT2D eigenvalue weighted by molar-refractivity contribution is 1.04. The Kier molecular flexibility index (Phi) is 3.53. The van der Waals surface area contributed by atoms with Gasteiger partial charge in [0.2, 0.25) is 0 Å². The molecule has 1 aromatic carbocycles. The Morgan fingerprint density at radius 3 is 2.85 bits per heavy atom. The van der Waals surface area contributed by atoms with Gasteiger partial charge in [-0.2, -0.15) is 0 Å². The topological polar surface area (TPSA) is 74.8 Å². The summed E-state index contributed by atoms with van der Waals surface area (Å²) >= 11 is 2.17. The quantitative estimate of drug-likeness (QED) is 0.386. The summed E-state index contributed by atoms with van der Waals surface area (Å²) in [6.07, 6.45) is 0. The second-order valence-corrected chi connectivity index (χ2v) is 3.85. The second kappa shape index (κ2) is 4.45. The molecule has 0 amide bonds. The smallest absolute Gasteiger partial charge is 0.0418 e. The minimum absolute atomic E-state index is 0.469. The molecular formula is C8H9IN4. The lowest BCUT2D eigenvalue weighted by Crippen LogP contribution is -1.99. The molecule has 0 saturated carbocycles. The fraction of sp³-hybridized carbons (Fsp3) is 0.250. The van der Waals surface area contributed by atoms with Gasteiger partial charge in [-0.3, -0.25) is 0 Å². The Hall–Kier alpha value is -0.780. The molecular weight excluding hydrogens is 279 g/mol. The van der Waals surface area contributed by atoms with Crippen molar-refractivity contribution >= 4 is 28.3 Å². The van der Waals surface area contributed by atoms with E-state index in [1.807, 2.05) is 19.1 Å². The summed E-state index contributed by atoms with van der Waals surface area (Å²) in [5.41, 5.74) is 16.5. The van der Waals surface area contributed by atoms with E-state index in [9.17, 15) is 0 Å². The summed E-state index contributed by atoms with van der Waals surface area (Å²) in [5, 5.41) is 3.60. The molecule has 68 valence electrons. The van der Waals surface area contributed by atoms with Gasteiger partial charge in [0.25, 0.3) is 0 Å². The van der Waals surface area contributed by atoms with Gasteiger partial charge in [0, 0.05) is 20.7 Å². The van der Waals surface area contributed by atoms with E-state index < -0.39 is 0 Å². The van der Waals surface area contributed by atoms with Crippen LogP contribution in [0.4, 0.5) is 5.69 Å². The number of rotatable bonds is 2. The fourth-order valence-electron chi connectivity index (χ4n) is 1.08. The molecule has 4 nitrogen and oxygen atoms in total. The molecule has 1 aromatic rings.